The second kappa shape index (κ2) is 22.9. The largest absolute Gasteiger partial charge is 0.492 e. The highest BCUT2D eigenvalue weighted by Gasteiger charge is 2.37. The molecule has 0 saturated carbocycles. The third-order valence-electron chi connectivity index (χ3n) is 11.1. The number of nitrogens with one attached hydrogen (secondary N) is 4. The van der Waals surface area contributed by atoms with Gasteiger partial charge in [0.25, 0.3) is 5.91 Å². The fourth-order valence-electron chi connectivity index (χ4n) is 7.56. The van der Waals surface area contributed by atoms with Gasteiger partial charge in [-0.15, -0.1) is 0 Å². The summed E-state index contributed by atoms with van der Waals surface area (Å²) in [4.78, 5) is 81.0. The summed E-state index contributed by atoms with van der Waals surface area (Å²) in [6.45, 7) is 9.70. The number of benzene rings is 3. The lowest BCUT2D eigenvalue weighted by molar-refractivity contribution is -0.141. The highest BCUT2D eigenvalue weighted by molar-refractivity contribution is 6.01. The number of likely N-dealkylation sites (N-methyl/N-ethyl adjacent to an activating group) is 1. The Morgan fingerprint density at radius 1 is 0.910 bits per heavy atom. The zero-order valence-electron chi connectivity index (χ0n) is 39.0. The lowest BCUT2D eigenvalue weighted by Gasteiger charge is -2.32. The molecule has 4 aromatic rings. The van der Waals surface area contributed by atoms with Crippen molar-refractivity contribution in [1.82, 2.24) is 36.1 Å². The van der Waals surface area contributed by atoms with E-state index in [4.69, 9.17) is 31.4 Å². The minimum absolute atomic E-state index is 0.00202. The van der Waals surface area contributed by atoms with Crippen molar-refractivity contribution in [2.75, 3.05) is 53.6 Å². The fourth-order valence-corrected chi connectivity index (χ4v) is 7.56. The summed E-state index contributed by atoms with van der Waals surface area (Å²) in [5.74, 6) is -2.45. The van der Waals surface area contributed by atoms with E-state index in [-0.39, 0.29) is 74.8 Å². The number of aromatic nitrogens is 2. The molecule has 0 radical (unpaired) electrons. The second-order valence-electron chi connectivity index (χ2n) is 17.0. The molecular weight excluding hydrogens is 859 g/mol. The molecule has 10 N–H and O–H groups in total. The maximum Gasteiger partial charge on any atom is 0.259 e. The molecule has 1 aliphatic heterocycles. The van der Waals surface area contributed by atoms with Crippen LogP contribution in [0.25, 0.3) is 22.5 Å². The Morgan fingerprint density at radius 3 is 2.15 bits per heavy atom. The molecule has 1 aromatic heterocycles. The van der Waals surface area contributed by atoms with Crippen molar-refractivity contribution in [2.24, 2.45) is 17.2 Å². The van der Waals surface area contributed by atoms with Crippen LogP contribution >= 0.6 is 0 Å². The number of nitrogens with zero attached hydrogens (tertiary/aromatic N) is 4. The van der Waals surface area contributed by atoms with E-state index in [9.17, 15) is 29.2 Å². The number of hydrogen-bond donors (Lipinski definition) is 7. The van der Waals surface area contributed by atoms with Crippen LogP contribution in [0.5, 0.6) is 17.4 Å². The molecule has 0 spiro atoms. The Morgan fingerprint density at radius 2 is 1.55 bits per heavy atom. The van der Waals surface area contributed by atoms with E-state index in [0.29, 0.717) is 45.1 Å². The lowest BCUT2D eigenvalue weighted by atomic mass is 9.86. The maximum atomic E-state index is 14.8. The van der Waals surface area contributed by atoms with Crippen LogP contribution in [0.3, 0.4) is 0 Å². The Bertz CT molecular complexity index is 2490. The zero-order chi connectivity index (χ0) is 49.0. The standard InChI is InChI=1S/C48H61N11O8/c1-27-39(46(65-7)58-41(54-27)30-9-12-32(13-10-30)48(3,4)5)44(62)56-35(16-17-49)47(64)59(6)40-31-11-15-38(67-23-20-52)34(26-31)33-24-29(8-14-37(33)66-22-19-51)25-36(43(61)53-21-18-50)57-42(60)28(2)55-45(40)63/h8-15,24,26,28,35-36,40H,16-17,19-23,25,49,51-52H2,1-7H3,(H,53,61)(H,55,63)(H,56,62)(H,57,60). The molecule has 4 unspecified atom stereocenters. The Hall–Kier alpha value is -7.14. The third-order valence-corrected chi connectivity index (χ3v) is 11.1. The third kappa shape index (κ3) is 12.4. The van der Waals surface area contributed by atoms with Crippen molar-refractivity contribution in [3.8, 4) is 46.0 Å². The highest BCUT2D eigenvalue weighted by Crippen LogP contribution is 2.40. The minimum Gasteiger partial charge on any atom is -0.492 e. The number of aryl methyl sites for hydroxylation is 1. The predicted molar refractivity (Wildman–Crippen MR) is 251 cm³/mol. The smallest absolute Gasteiger partial charge is 0.259 e. The van der Waals surface area contributed by atoms with Gasteiger partial charge in [-0.05, 0) is 73.2 Å². The summed E-state index contributed by atoms with van der Waals surface area (Å²) < 4.78 is 17.8. The number of methoxy groups -OCH3 is 1. The molecule has 0 saturated heterocycles. The van der Waals surface area contributed by atoms with Crippen molar-refractivity contribution in [3.05, 3.63) is 88.6 Å². The molecule has 2 heterocycles. The molecule has 5 rings (SSSR count). The number of rotatable bonds is 16. The Labute approximate surface area is 390 Å². The van der Waals surface area contributed by atoms with Gasteiger partial charge in [-0.2, -0.15) is 10.2 Å². The lowest BCUT2D eigenvalue weighted by Crippen LogP contribution is -2.56. The van der Waals surface area contributed by atoms with E-state index in [1.165, 1.54) is 21.1 Å². The number of nitriles is 1. The first-order valence-electron chi connectivity index (χ1n) is 22.0. The van der Waals surface area contributed by atoms with Gasteiger partial charge in [-0.25, -0.2) is 4.98 Å². The van der Waals surface area contributed by atoms with Gasteiger partial charge < -0.3 is 57.6 Å². The number of hydrogen-bond acceptors (Lipinski definition) is 14. The first-order valence-corrected chi connectivity index (χ1v) is 22.0. The van der Waals surface area contributed by atoms with Crippen molar-refractivity contribution in [2.45, 2.75) is 77.0 Å². The summed E-state index contributed by atoms with van der Waals surface area (Å²) in [5, 5.41) is 19.9. The van der Waals surface area contributed by atoms with Crippen molar-refractivity contribution >= 4 is 29.5 Å². The van der Waals surface area contributed by atoms with Gasteiger partial charge in [-0.3, -0.25) is 24.0 Å². The van der Waals surface area contributed by atoms with Gasteiger partial charge in [0.2, 0.25) is 29.5 Å². The number of amides is 5. The normalized spacial score (nSPS) is 16.5. The molecular formula is C48H61N11O8. The van der Waals surface area contributed by atoms with Gasteiger partial charge in [0.15, 0.2) is 5.82 Å². The van der Waals surface area contributed by atoms with Crippen LogP contribution in [0, 0.1) is 18.3 Å². The number of carbonyl (C=O) groups excluding carboxylic acids is 5. The number of ether oxygens (including phenoxy) is 3. The van der Waals surface area contributed by atoms with Crippen LogP contribution in [0.1, 0.15) is 72.9 Å². The summed E-state index contributed by atoms with van der Waals surface area (Å²) in [6, 6.07) is 14.7. The first kappa shape index (κ1) is 50.9. The van der Waals surface area contributed by atoms with E-state index in [0.717, 1.165) is 10.5 Å². The zero-order valence-corrected chi connectivity index (χ0v) is 39.0. The first-order chi connectivity index (χ1) is 31.9. The number of fused-ring (bicyclic) bond motifs is 5. The van der Waals surface area contributed by atoms with Crippen molar-refractivity contribution < 1.29 is 38.2 Å². The van der Waals surface area contributed by atoms with E-state index in [1.54, 1.807) is 43.3 Å². The topological polar surface area (TPSA) is 292 Å². The fraction of sp³-hybridized carbons (Fsp3) is 0.417. The molecule has 356 valence electrons. The molecule has 0 fully saturated rings. The van der Waals surface area contributed by atoms with Crippen LogP contribution in [-0.4, -0.2) is 116 Å². The monoisotopic (exact) mass is 919 g/mol. The van der Waals surface area contributed by atoms with E-state index < -0.39 is 53.7 Å². The number of nitrogens with two attached hydrogens (primary N) is 3. The maximum absolute atomic E-state index is 14.8. The molecule has 4 atom stereocenters. The quantitative estimate of drug-likeness (QED) is 0.0791. The molecule has 19 heteroatoms. The van der Waals surface area contributed by atoms with Crippen LogP contribution < -0.4 is 52.7 Å². The minimum atomic E-state index is -1.43. The van der Waals surface area contributed by atoms with Gasteiger partial charge in [0.1, 0.15) is 61.0 Å². The van der Waals surface area contributed by atoms with Crippen LogP contribution in [0.4, 0.5) is 0 Å². The molecule has 5 amide bonds. The summed E-state index contributed by atoms with van der Waals surface area (Å²) in [7, 11) is 2.78. The Balaban J connectivity index is 1.58. The predicted octanol–water partition coefficient (Wildman–Crippen LogP) is 1.93. The summed E-state index contributed by atoms with van der Waals surface area (Å²) in [5.41, 5.74) is 21.6. The molecule has 0 aliphatic carbocycles. The summed E-state index contributed by atoms with van der Waals surface area (Å²) in [6.07, 6.45) is -0.0444. The van der Waals surface area contributed by atoms with Crippen LogP contribution in [-0.2, 0) is 31.0 Å². The molecule has 67 heavy (non-hydrogen) atoms. The SMILES string of the molecule is COc1nc(-c2ccc(C(C)(C)C)cc2)nc(C)c1C(=O)NC(CCN)C(=O)N(C)C1C(=O)NC(C)C(=O)NC(C(=O)NCC#N)Cc2ccc(OCCN)c(c2)-c2cc1ccc2OCCN. The number of carbonyl (C=O) groups is 5. The van der Waals surface area contributed by atoms with Gasteiger partial charge in [-0.1, -0.05) is 57.2 Å². The van der Waals surface area contributed by atoms with Crippen molar-refractivity contribution in [1.29, 1.82) is 5.26 Å². The highest BCUT2D eigenvalue weighted by atomic mass is 16.5. The van der Waals surface area contributed by atoms with Crippen LogP contribution in [0.15, 0.2) is 60.7 Å². The van der Waals surface area contributed by atoms with Gasteiger partial charge in [0, 0.05) is 43.2 Å². The van der Waals surface area contributed by atoms with Gasteiger partial charge in [0.05, 0.1) is 18.9 Å². The summed E-state index contributed by atoms with van der Waals surface area (Å²) >= 11 is 0. The van der Waals surface area contributed by atoms with E-state index >= 15 is 0 Å². The molecule has 19 nitrogen and oxygen atoms in total. The van der Waals surface area contributed by atoms with Crippen LogP contribution in [0.2, 0.25) is 0 Å². The average Bonchev–Trinajstić information content (AvgIpc) is 3.30. The average molecular weight is 920 g/mol. The second-order valence-corrected chi connectivity index (χ2v) is 17.0. The molecule has 3 aromatic carbocycles. The van der Waals surface area contributed by atoms with Gasteiger partial charge >= 0.3 is 0 Å². The molecule has 4 bridgehead atoms. The van der Waals surface area contributed by atoms with E-state index in [1.807, 2.05) is 30.3 Å². The molecule has 1 aliphatic rings. The Kier molecular flexibility index (Phi) is 17.3. The van der Waals surface area contributed by atoms with Crippen molar-refractivity contribution in [3.63, 3.8) is 0 Å². The van der Waals surface area contributed by atoms with E-state index in [2.05, 4.69) is 52.0 Å².